The highest BCUT2D eigenvalue weighted by molar-refractivity contribution is 9.10. The quantitative estimate of drug-likeness (QED) is 0.831. The van der Waals surface area contributed by atoms with E-state index in [-0.39, 0.29) is 11.5 Å². The Labute approximate surface area is 107 Å². The first-order valence-corrected chi connectivity index (χ1v) is 5.76. The first-order chi connectivity index (χ1) is 8.15. The smallest absolute Gasteiger partial charge is 0.124 e. The van der Waals surface area contributed by atoms with Gasteiger partial charge in [0.25, 0.3) is 0 Å². The molecule has 0 unspecified atom stereocenters. The molecule has 0 aliphatic carbocycles. The van der Waals surface area contributed by atoms with Gasteiger partial charge in [-0.2, -0.15) is 0 Å². The second-order valence-corrected chi connectivity index (χ2v) is 4.39. The molecule has 0 saturated carbocycles. The zero-order valence-electron chi connectivity index (χ0n) is 8.84. The van der Waals surface area contributed by atoms with Gasteiger partial charge >= 0.3 is 0 Å². The van der Waals surface area contributed by atoms with Crippen molar-refractivity contribution >= 4 is 27.8 Å². The molecule has 2 aromatic rings. The van der Waals surface area contributed by atoms with Crippen molar-refractivity contribution in [3.8, 4) is 11.5 Å². The van der Waals surface area contributed by atoms with Crippen LogP contribution in [0, 0.1) is 0 Å². The lowest BCUT2D eigenvalue weighted by molar-refractivity contribution is 0.474. The van der Waals surface area contributed by atoms with Gasteiger partial charge in [0, 0.05) is 16.3 Å². The number of benzene rings is 2. The average molecular weight is 292 g/mol. The number of aromatic hydroxyl groups is 2. The lowest BCUT2D eigenvalue weighted by Gasteiger charge is -1.99. The Morgan fingerprint density at radius 3 is 2.41 bits per heavy atom. The molecule has 0 heterocycles. The van der Waals surface area contributed by atoms with Gasteiger partial charge in [-0.05, 0) is 42.5 Å². The van der Waals surface area contributed by atoms with Crippen LogP contribution >= 0.6 is 15.9 Å². The summed E-state index contributed by atoms with van der Waals surface area (Å²) >= 11 is 3.33. The summed E-state index contributed by atoms with van der Waals surface area (Å²) in [6, 6.07) is 11.7. The van der Waals surface area contributed by atoms with E-state index in [0.29, 0.717) is 11.3 Å². The van der Waals surface area contributed by atoms with Gasteiger partial charge < -0.3 is 10.2 Å². The third kappa shape index (κ3) is 3.07. The van der Waals surface area contributed by atoms with Crippen LogP contribution in [0.5, 0.6) is 11.5 Å². The van der Waals surface area contributed by atoms with Crippen LogP contribution in [0.25, 0.3) is 0 Å². The number of rotatable bonds is 2. The van der Waals surface area contributed by atoms with Crippen molar-refractivity contribution in [3.63, 3.8) is 0 Å². The summed E-state index contributed by atoms with van der Waals surface area (Å²) in [6.07, 6.45) is 1.58. The van der Waals surface area contributed by atoms with Crippen LogP contribution in [-0.2, 0) is 0 Å². The molecule has 0 amide bonds. The van der Waals surface area contributed by atoms with Crippen molar-refractivity contribution in [1.82, 2.24) is 0 Å². The molecule has 2 rings (SSSR count). The summed E-state index contributed by atoms with van der Waals surface area (Å²) < 4.78 is 0.877. The number of hydrogen-bond acceptors (Lipinski definition) is 3. The fraction of sp³-hybridized carbons (Fsp3) is 0. The van der Waals surface area contributed by atoms with E-state index < -0.39 is 0 Å². The lowest BCUT2D eigenvalue weighted by Crippen LogP contribution is -1.82. The summed E-state index contributed by atoms with van der Waals surface area (Å²) in [5.74, 6) is 0.380. The SMILES string of the molecule is Oc1ccc(/N=C/c2cc(Br)ccc2O)cc1. The molecule has 0 aliphatic heterocycles. The van der Waals surface area contributed by atoms with Crippen LogP contribution in [0.1, 0.15) is 5.56 Å². The van der Waals surface area contributed by atoms with E-state index in [1.54, 1.807) is 48.7 Å². The van der Waals surface area contributed by atoms with Crippen molar-refractivity contribution in [2.24, 2.45) is 4.99 Å². The second kappa shape index (κ2) is 5.01. The third-order valence-corrected chi connectivity index (χ3v) is 2.69. The van der Waals surface area contributed by atoms with Gasteiger partial charge in [0.2, 0.25) is 0 Å². The van der Waals surface area contributed by atoms with Gasteiger partial charge in [-0.15, -0.1) is 0 Å². The highest BCUT2D eigenvalue weighted by Gasteiger charge is 1.98. The Hall–Kier alpha value is -1.81. The molecule has 86 valence electrons. The maximum atomic E-state index is 9.61. The molecule has 0 aromatic heterocycles. The van der Waals surface area contributed by atoms with E-state index in [1.807, 2.05) is 0 Å². The van der Waals surface area contributed by atoms with Crippen LogP contribution < -0.4 is 0 Å². The van der Waals surface area contributed by atoms with Crippen LogP contribution in [0.2, 0.25) is 0 Å². The Bertz CT molecular complexity index is 550. The highest BCUT2D eigenvalue weighted by Crippen LogP contribution is 2.22. The molecule has 0 fully saturated rings. The van der Waals surface area contributed by atoms with Crippen LogP contribution in [0.15, 0.2) is 51.9 Å². The van der Waals surface area contributed by atoms with Crippen molar-refractivity contribution in [3.05, 3.63) is 52.5 Å². The normalized spacial score (nSPS) is 10.9. The van der Waals surface area contributed by atoms with E-state index >= 15 is 0 Å². The molecular weight excluding hydrogens is 282 g/mol. The average Bonchev–Trinajstić information content (AvgIpc) is 2.32. The zero-order valence-corrected chi connectivity index (χ0v) is 10.4. The van der Waals surface area contributed by atoms with Crippen LogP contribution in [0.4, 0.5) is 5.69 Å². The summed E-state index contributed by atoms with van der Waals surface area (Å²) in [5, 5.41) is 18.7. The number of halogens is 1. The van der Waals surface area contributed by atoms with Crippen molar-refractivity contribution in [2.75, 3.05) is 0 Å². The first kappa shape index (κ1) is 11.7. The van der Waals surface area contributed by atoms with Crippen molar-refractivity contribution in [1.29, 1.82) is 0 Å². The fourth-order valence-electron chi connectivity index (χ4n) is 1.31. The topological polar surface area (TPSA) is 52.8 Å². The Kier molecular flexibility index (Phi) is 3.44. The fourth-order valence-corrected chi connectivity index (χ4v) is 1.69. The van der Waals surface area contributed by atoms with E-state index in [9.17, 15) is 5.11 Å². The molecular formula is C13H10BrNO2. The van der Waals surface area contributed by atoms with Crippen LogP contribution in [0.3, 0.4) is 0 Å². The Morgan fingerprint density at radius 2 is 1.71 bits per heavy atom. The number of aliphatic imine (C=N–C) groups is 1. The number of phenolic OH excluding ortho intramolecular Hbond substituents is 2. The standard InChI is InChI=1S/C13H10BrNO2/c14-10-1-6-13(17)9(7-10)8-15-11-2-4-12(16)5-3-11/h1-8,16-17H/b15-8+. The van der Waals surface area contributed by atoms with Crippen molar-refractivity contribution < 1.29 is 10.2 Å². The summed E-state index contributed by atoms with van der Waals surface area (Å²) in [6.45, 7) is 0. The summed E-state index contributed by atoms with van der Waals surface area (Å²) in [5.41, 5.74) is 1.34. The van der Waals surface area contributed by atoms with E-state index in [4.69, 9.17) is 5.11 Å². The minimum absolute atomic E-state index is 0.177. The lowest BCUT2D eigenvalue weighted by atomic mass is 10.2. The highest BCUT2D eigenvalue weighted by atomic mass is 79.9. The van der Waals surface area contributed by atoms with Gasteiger partial charge in [-0.3, -0.25) is 4.99 Å². The predicted molar refractivity (Wildman–Crippen MR) is 71.2 cm³/mol. The molecule has 0 radical (unpaired) electrons. The second-order valence-electron chi connectivity index (χ2n) is 3.48. The first-order valence-electron chi connectivity index (χ1n) is 4.97. The monoisotopic (exact) mass is 291 g/mol. The molecule has 0 saturated heterocycles. The maximum Gasteiger partial charge on any atom is 0.124 e. The molecule has 3 nitrogen and oxygen atoms in total. The number of phenols is 2. The van der Waals surface area contributed by atoms with Gasteiger partial charge in [-0.1, -0.05) is 15.9 Å². The zero-order chi connectivity index (χ0) is 12.3. The van der Waals surface area contributed by atoms with Gasteiger partial charge in [0.05, 0.1) is 5.69 Å². The van der Waals surface area contributed by atoms with Gasteiger partial charge in [0.1, 0.15) is 11.5 Å². The molecule has 4 heteroatoms. The molecule has 0 bridgehead atoms. The van der Waals surface area contributed by atoms with E-state index in [1.165, 1.54) is 0 Å². The Morgan fingerprint density at radius 1 is 1.00 bits per heavy atom. The summed E-state index contributed by atoms with van der Waals surface area (Å²) in [4.78, 5) is 4.20. The minimum Gasteiger partial charge on any atom is -0.508 e. The van der Waals surface area contributed by atoms with E-state index in [0.717, 1.165) is 4.47 Å². The summed E-state index contributed by atoms with van der Waals surface area (Å²) in [7, 11) is 0. The maximum absolute atomic E-state index is 9.61. The number of hydrogen-bond donors (Lipinski definition) is 2. The number of nitrogens with zero attached hydrogens (tertiary/aromatic N) is 1. The molecule has 2 N–H and O–H groups in total. The molecule has 17 heavy (non-hydrogen) atoms. The van der Waals surface area contributed by atoms with E-state index in [2.05, 4.69) is 20.9 Å². The predicted octanol–water partition coefficient (Wildman–Crippen LogP) is 3.61. The van der Waals surface area contributed by atoms with Crippen molar-refractivity contribution in [2.45, 2.75) is 0 Å². The van der Waals surface area contributed by atoms with Gasteiger partial charge in [-0.25, -0.2) is 0 Å². The molecule has 2 aromatic carbocycles. The van der Waals surface area contributed by atoms with Gasteiger partial charge in [0.15, 0.2) is 0 Å². The molecule has 0 aliphatic rings. The minimum atomic E-state index is 0.177. The molecule has 0 spiro atoms. The third-order valence-electron chi connectivity index (χ3n) is 2.19. The van der Waals surface area contributed by atoms with Crippen LogP contribution in [-0.4, -0.2) is 16.4 Å². The largest absolute Gasteiger partial charge is 0.508 e. The Balaban J connectivity index is 2.25. The molecule has 0 atom stereocenters.